The van der Waals surface area contributed by atoms with Crippen LogP contribution in [-0.4, -0.2) is 46.5 Å². The number of hydrogen-bond acceptors (Lipinski definition) is 3. The molecule has 1 saturated heterocycles. The first-order valence-electron chi connectivity index (χ1n) is 8.20. The molecule has 0 saturated carbocycles. The van der Waals surface area contributed by atoms with Gasteiger partial charge in [0.1, 0.15) is 5.82 Å². The van der Waals surface area contributed by atoms with E-state index in [4.69, 9.17) is 0 Å². The van der Waals surface area contributed by atoms with Gasteiger partial charge in [-0.3, -0.25) is 0 Å². The fourth-order valence-electron chi connectivity index (χ4n) is 3.22. The number of alkyl halides is 2. The topological polar surface area (TPSA) is 58.1 Å². The fraction of sp³-hybridized carbons (Fsp3) is 0.688. The van der Waals surface area contributed by atoms with E-state index in [-0.39, 0.29) is 32.0 Å². The van der Waals surface area contributed by atoms with Gasteiger partial charge in [-0.25, -0.2) is 23.5 Å². The number of amides is 2. The van der Waals surface area contributed by atoms with Crippen molar-refractivity contribution in [1.29, 1.82) is 0 Å². The quantitative estimate of drug-likeness (QED) is 0.928. The third kappa shape index (κ3) is 3.76. The molecular formula is C16H22F2N4O. The van der Waals surface area contributed by atoms with Crippen LogP contribution < -0.4 is 5.32 Å². The largest absolute Gasteiger partial charge is 0.338 e. The molecule has 7 heteroatoms. The molecule has 1 aliphatic heterocycles. The molecule has 2 amide bonds. The van der Waals surface area contributed by atoms with Crippen molar-refractivity contribution < 1.29 is 13.6 Å². The maximum absolute atomic E-state index is 13.1. The zero-order valence-corrected chi connectivity index (χ0v) is 13.4. The van der Waals surface area contributed by atoms with Crippen LogP contribution in [0.2, 0.25) is 0 Å². The number of hydrogen-bond donors (Lipinski definition) is 1. The Hall–Kier alpha value is -1.79. The summed E-state index contributed by atoms with van der Waals surface area (Å²) in [6.07, 6.45) is 3.23. The number of fused-ring (bicyclic) bond motifs is 1. The van der Waals surface area contributed by atoms with Gasteiger partial charge in [-0.05, 0) is 31.7 Å². The Kier molecular flexibility index (Phi) is 4.46. The summed E-state index contributed by atoms with van der Waals surface area (Å²) in [5.74, 6) is -1.89. The molecule has 0 aromatic carbocycles. The van der Waals surface area contributed by atoms with E-state index in [0.29, 0.717) is 13.0 Å². The second kappa shape index (κ2) is 6.37. The molecule has 0 atom stereocenters. The molecule has 2 aliphatic rings. The second-order valence-electron chi connectivity index (χ2n) is 6.33. The van der Waals surface area contributed by atoms with Gasteiger partial charge in [0.05, 0.1) is 0 Å². The van der Waals surface area contributed by atoms with Gasteiger partial charge in [-0.15, -0.1) is 0 Å². The Labute approximate surface area is 134 Å². The van der Waals surface area contributed by atoms with E-state index in [9.17, 15) is 13.6 Å². The number of aryl methyl sites for hydroxylation is 2. The van der Waals surface area contributed by atoms with Crippen LogP contribution in [0.5, 0.6) is 0 Å². The van der Waals surface area contributed by atoms with E-state index in [1.54, 1.807) is 0 Å². The molecule has 2 heterocycles. The lowest BCUT2D eigenvalue weighted by Crippen LogP contribution is -2.47. The molecule has 1 N–H and O–H groups in total. The molecule has 3 rings (SSSR count). The van der Waals surface area contributed by atoms with Crippen LogP contribution in [0.25, 0.3) is 0 Å². The summed E-state index contributed by atoms with van der Waals surface area (Å²) in [6.45, 7) is 2.63. The molecule has 5 nitrogen and oxygen atoms in total. The van der Waals surface area contributed by atoms with E-state index in [1.807, 2.05) is 6.92 Å². The van der Waals surface area contributed by atoms with Crippen molar-refractivity contribution in [3.05, 3.63) is 22.8 Å². The smallest absolute Gasteiger partial charge is 0.317 e. The van der Waals surface area contributed by atoms with Crippen LogP contribution in [0.1, 0.15) is 42.0 Å². The molecule has 0 radical (unpaired) electrons. The van der Waals surface area contributed by atoms with Crippen molar-refractivity contribution in [3.8, 4) is 0 Å². The van der Waals surface area contributed by atoms with Crippen LogP contribution in [0.4, 0.5) is 13.6 Å². The normalized spacial score (nSPS) is 19.5. The average Bonchev–Trinajstić information content (AvgIpc) is 2.96. The summed E-state index contributed by atoms with van der Waals surface area (Å²) in [4.78, 5) is 22.5. The standard InChI is InChI=1S/C16H22F2N4O/c1-11-12-3-2-4-13(12)21-14(20-11)5-8-19-15(23)22-9-6-16(17,18)7-10-22/h2-10H2,1H3,(H,19,23). The minimum absolute atomic E-state index is 0.104. The summed E-state index contributed by atoms with van der Waals surface area (Å²) in [5.41, 5.74) is 3.44. The lowest BCUT2D eigenvalue weighted by atomic mass is 10.1. The Morgan fingerprint density at radius 2 is 2.00 bits per heavy atom. The van der Waals surface area contributed by atoms with Crippen LogP contribution in [0.3, 0.4) is 0 Å². The van der Waals surface area contributed by atoms with Gasteiger partial charge < -0.3 is 10.2 Å². The van der Waals surface area contributed by atoms with E-state index in [1.165, 1.54) is 10.5 Å². The van der Waals surface area contributed by atoms with Crippen molar-refractivity contribution in [2.75, 3.05) is 19.6 Å². The SMILES string of the molecule is Cc1nc(CCNC(=O)N2CCC(F)(F)CC2)nc2c1CCC2. The highest BCUT2D eigenvalue weighted by Gasteiger charge is 2.35. The molecule has 1 aromatic rings. The Bertz CT molecular complexity index is 596. The van der Waals surface area contributed by atoms with E-state index in [2.05, 4.69) is 15.3 Å². The fourth-order valence-corrected chi connectivity index (χ4v) is 3.22. The van der Waals surface area contributed by atoms with E-state index >= 15 is 0 Å². The highest BCUT2D eigenvalue weighted by Crippen LogP contribution is 2.27. The molecule has 1 fully saturated rings. The number of rotatable bonds is 3. The van der Waals surface area contributed by atoms with Gasteiger partial charge in [0.2, 0.25) is 0 Å². The van der Waals surface area contributed by atoms with E-state index < -0.39 is 5.92 Å². The lowest BCUT2D eigenvalue weighted by Gasteiger charge is -2.31. The molecule has 0 spiro atoms. The number of urea groups is 1. The molecule has 126 valence electrons. The first-order chi connectivity index (χ1) is 10.9. The van der Waals surface area contributed by atoms with Gasteiger partial charge in [0.15, 0.2) is 0 Å². The number of piperidine rings is 1. The molecule has 1 aromatic heterocycles. The Balaban J connectivity index is 1.48. The van der Waals surface area contributed by atoms with Gasteiger partial charge in [0.25, 0.3) is 5.92 Å². The van der Waals surface area contributed by atoms with Gasteiger partial charge in [0, 0.05) is 50.3 Å². The third-order valence-electron chi connectivity index (χ3n) is 4.59. The Morgan fingerprint density at radius 1 is 1.26 bits per heavy atom. The minimum atomic E-state index is -2.63. The molecular weight excluding hydrogens is 302 g/mol. The monoisotopic (exact) mass is 324 g/mol. The van der Waals surface area contributed by atoms with Crippen LogP contribution >= 0.6 is 0 Å². The van der Waals surface area contributed by atoms with Gasteiger partial charge in [-0.1, -0.05) is 0 Å². The number of halogens is 2. The maximum Gasteiger partial charge on any atom is 0.317 e. The van der Waals surface area contributed by atoms with Crippen molar-refractivity contribution in [1.82, 2.24) is 20.2 Å². The summed E-state index contributed by atoms with van der Waals surface area (Å²) in [7, 11) is 0. The van der Waals surface area contributed by atoms with Crippen molar-refractivity contribution in [3.63, 3.8) is 0 Å². The highest BCUT2D eigenvalue weighted by molar-refractivity contribution is 5.74. The van der Waals surface area contributed by atoms with Gasteiger partial charge in [-0.2, -0.15) is 0 Å². The average molecular weight is 324 g/mol. The first-order valence-corrected chi connectivity index (χ1v) is 8.20. The summed E-state index contributed by atoms with van der Waals surface area (Å²) < 4.78 is 26.2. The van der Waals surface area contributed by atoms with E-state index in [0.717, 1.165) is 36.5 Å². The zero-order valence-electron chi connectivity index (χ0n) is 13.4. The lowest BCUT2D eigenvalue weighted by molar-refractivity contribution is -0.0469. The third-order valence-corrected chi connectivity index (χ3v) is 4.59. The van der Waals surface area contributed by atoms with Crippen molar-refractivity contribution in [2.45, 2.75) is 51.4 Å². The van der Waals surface area contributed by atoms with Gasteiger partial charge >= 0.3 is 6.03 Å². The summed E-state index contributed by atoms with van der Waals surface area (Å²) in [5, 5.41) is 2.78. The number of carbonyl (C=O) groups excluding carboxylic acids is 1. The molecule has 23 heavy (non-hydrogen) atoms. The number of likely N-dealkylation sites (tertiary alicyclic amines) is 1. The minimum Gasteiger partial charge on any atom is -0.338 e. The number of nitrogens with one attached hydrogen (secondary N) is 1. The number of carbonyl (C=O) groups is 1. The maximum atomic E-state index is 13.1. The van der Waals surface area contributed by atoms with Crippen molar-refractivity contribution in [2.24, 2.45) is 0 Å². The summed E-state index contributed by atoms with van der Waals surface area (Å²) in [6, 6.07) is -0.279. The zero-order chi connectivity index (χ0) is 16.4. The van der Waals surface area contributed by atoms with Crippen LogP contribution in [0.15, 0.2) is 0 Å². The second-order valence-corrected chi connectivity index (χ2v) is 6.33. The van der Waals surface area contributed by atoms with Crippen molar-refractivity contribution >= 4 is 6.03 Å². The predicted octanol–water partition coefficient (Wildman–Crippen LogP) is 2.26. The number of nitrogens with zero attached hydrogens (tertiary/aromatic N) is 3. The van der Waals surface area contributed by atoms with Crippen LogP contribution in [-0.2, 0) is 19.3 Å². The summed E-state index contributed by atoms with van der Waals surface area (Å²) >= 11 is 0. The molecule has 0 bridgehead atoms. The first kappa shape index (κ1) is 16.1. The van der Waals surface area contributed by atoms with Crippen LogP contribution in [0, 0.1) is 6.92 Å². The molecule has 0 unspecified atom stereocenters. The highest BCUT2D eigenvalue weighted by atomic mass is 19.3. The number of aromatic nitrogens is 2. The predicted molar refractivity (Wildman–Crippen MR) is 81.7 cm³/mol. The Morgan fingerprint density at radius 3 is 2.74 bits per heavy atom. The molecule has 1 aliphatic carbocycles.